The molecule has 3 rings (SSSR count). The summed E-state index contributed by atoms with van der Waals surface area (Å²) in [7, 11) is 4.79. The number of fused-ring (bicyclic) bond motifs is 1. The van der Waals surface area contributed by atoms with Crippen LogP contribution in [0.3, 0.4) is 0 Å². The molecule has 0 aliphatic carbocycles. The van der Waals surface area contributed by atoms with E-state index in [0.717, 1.165) is 22.2 Å². The molecule has 6 nitrogen and oxygen atoms in total. The molecule has 1 N–H and O–H groups in total. The molecule has 0 atom stereocenters. The van der Waals surface area contributed by atoms with Gasteiger partial charge in [-0.2, -0.15) is 5.26 Å². The fraction of sp³-hybridized carbons (Fsp3) is 0.200. The molecule has 0 saturated heterocycles. The van der Waals surface area contributed by atoms with Crippen molar-refractivity contribution in [3.63, 3.8) is 0 Å². The van der Waals surface area contributed by atoms with E-state index in [-0.39, 0.29) is 0 Å². The molecule has 0 unspecified atom stereocenters. The zero-order chi connectivity index (χ0) is 18.5. The molecule has 0 fully saturated rings. The Morgan fingerprint density at radius 3 is 2.35 bits per heavy atom. The van der Waals surface area contributed by atoms with Crippen LogP contribution in [0.1, 0.15) is 11.1 Å². The highest BCUT2D eigenvalue weighted by Gasteiger charge is 2.15. The molecule has 1 heterocycles. The van der Waals surface area contributed by atoms with Crippen molar-refractivity contribution < 1.29 is 14.2 Å². The lowest BCUT2D eigenvalue weighted by Gasteiger charge is -2.17. The standard InChI is InChI=1S/C20H19N3O3/c1-24-14-8-18(25-2)16(19(9-14)26-3)12-23-20-13(10-21)11-22-17-7-5-4-6-15(17)20/h4-9,11H,12H2,1-3H3,(H,22,23). The molecule has 0 aliphatic heterocycles. The molecule has 0 spiro atoms. The van der Waals surface area contributed by atoms with Crippen LogP contribution in [0.4, 0.5) is 5.69 Å². The summed E-state index contributed by atoms with van der Waals surface area (Å²) in [6.07, 6.45) is 1.58. The van der Waals surface area contributed by atoms with E-state index in [1.54, 1.807) is 39.7 Å². The highest BCUT2D eigenvalue weighted by Crippen LogP contribution is 2.35. The predicted octanol–water partition coefficient (Wildman–Crippen LogP) is 3.74. The number of ether oxygens (including phenoxy) is 3. The molecule has 132 valence electrons. The first kappa shape index (κ1) is 17.4. The lowest BCUT2D eigenvalue weighted by atomic mass is 10.1. The highest BCUT2D eigenvalue weighted by molar-refractivity contribution is 5.93. The first-order valence-corrected chi connectivity index (χ1v) is 8.02. The Bertz CT molecular complexity index is 955. The third-order valence-corrected chi connectivity index (χ3v) is 4.15. The van der Waals surface area contributed by atoms with E-state index < -0.39 is 0 Å². The molecule has 1 aromatic heterocycles. The monoisotopic (exact) mass is 349 g/mol. The van der Waals surface area contributed by atoms with Crippen molar-refractivity contribution in [2.45, 2.75) is 6.54 Å². The fourth-order valence-electron chi connectivity index (χ4n) is 2.85. The molecular weight excluding hydrogens is 330 g/mol. The third-order valence-electron chi connectivity index (χ3n) is 4.15. The molecule has 6 heteroatoms. The number of hydrogen-bond donors (Lipinski definition) is 1. The maximum absolute atomic E-state index is 9.45. The number of methoxy groups -OCH3 is 3. The molecular formula is C20H19N3O3. The second-order valence-electron chi connectivity index (χ2n) is 5.54. The van der Waals surface area contributed by atoms with Gasteiger partial charge in [-0.3, -0.25) is 4.98 Å². The number of para-hydroxylation sites is 1. The summed E-state index contributed by atoms with van der Waals surface area (Å²) in [6, 6.07) is 13.5. The zero-order valence-corrected chi connectivity index (χ0v) is 14.9. The molecule has 3 aromatic rings. The Kier molecular flexibility index (Phi) is 5.09. The van der Waals surface area contributed by atoms with Crippen molar-refractivity contribution in [3.8, 4) is 23.3 Å². The lowest BCUT2D eigenvalue weighted by molar-refractivity contribution is 0.369. The van der Waals surface area contributed by atoms with Gasteiger partial charge in [0.25, 0.3) is 0 Å². The minimum atomic E-state index is 0.416. The van der Waals surface area contributed by atoms with Gasteiger partial charge in [0.15, 0.2) is 0 Å². The maximum atomic E-state index is 9.45. The van der Waals surface area contributed by atoms with Gasteiger partial charge in [-0.15, -0.1) is 0 Å². The maximum Gasteiger partial charge on any atom is 0.131 e. The van der Waals surface area contributed by atoms with Gasteiger partial charge in [0.2, 0.25) is 0 Å². The number of rotatable bonds is 6. The topological polar surface area (TPSA) is 76.4 Å². The van der Waals surface area contributed by atoms with Gasteiger partial charge in [-0.05, 0) is 6.07 Å². The van der Waals surface area contributed by atoms with Crippen LogP contribution >= 0.6 is 0 Å². The van der Waals surface area contributed by atoms with E-state index in [4.69, 9.17) is 14.2 Å². The Morgan fingerprint density at radius 2 is 1.73 bits per heavy atom. The van der Waals surface area contributed by atoms with E-state index >= 15 is 0 Å². The van der Waals surface area contributed by atoms with E-state index in [1.165, 1.54) is 0 Å². The Labute approximate surface area is 151 Å². The van der Waals surface area contributed by atoms with E-state index in [1.807, 2.05) is 24.3 Å². The van der Waals surface area contributed by atoms with Crippen molar-refractivity contribution in [2.24, 2.45) is 0 Å². The lowest BCUT2D eigenvalue weighted by Crippen LogP contribution is -2.06. The van der Waals surface area contributed by atoms with Gasteiger partial charge in [0, 0.05) is 30.3 Å². The average molecular weight is 349 g/mol. The number of pyridine rings is 1. The van der Waals surface area contributed by atoms with Crippen molar-refractivity contribution in [1.82, 2.24) is 4.98 Å². The van der Waals surface area contributed by atoms with Crippen LogP contribution in [0.15, 0.2) is 42.6 Å². The summed E-state index contributed by atoms with van der Waals surface area (Å²) < 4.78 is 16.3. The Hall–Kier alpha value is -3.46. The van der Waals surface area contributed by atoms with E-state index in [9.17, 15) is 5.26 Å². The first-order valence-electron chi connectivity index (χ1n) is 8.02. The smallest absolute Gasteiger partial charge is 0.131 e. The van der Waals surface area contributed by atoms with Crippen LogP contribution in [0, 0.1) is 11.3 Å². The Morgan fingerprint density at radius 1 is 1.04 bits per heavy atom. The van der Waals surface area contributed by atoms with E-state index in [2.05, 4.69) is 16.4 Å². The number of nitrogens with zero attached hydrogens (tertiary/aromatic N) is 2. The fourth-order valence-corrected chi connectivity index (χ4v) is 2.85. The van der Waals surface area contributed by atoms with Crippen LogP contribution in [0.25, 0.3) is 10.9 Å². The average Bonchev–Trinajstić information content (AvgIpc) is 2.71. The summed E-state index contributed by atoms with van der Waals surface area (Å²) in [5.74, 6) is 1.94. The van der Waals surface area contributed by atoms with Gasteiger partial charge in [-0.1, -0.05) is 18.2 Å². The highest BCUT2D eigenvalue weighted by atomic mass is 16.5. The summed E-state index contributed by atoms with van der Waals surface area (Å²) in [5, 5.41) is 13.7. The summed E-state index contributed by atoms with van der Waals surface area (Å²) in [5.41, 5.74) is 2.87. The minimum absolute atomic E-state index is 0.416. The number of anilines is 1. The van der Waals surface area contributed by atoms with Crippen molar-refractivity contribution in [1.29, 1.82) is 5.26 Å². The molecule has 0 bridgehead atoms. The van der Waals surface area contributed by atoms with Gasteiger partial charge in [-0.25, -0.2) is 0 Å². The molecule has 2 aromatic carbocycles. The normalized spacial score (nSPS) is 10.2. The quantitative estimate of drug-likeness (QED) is 0.730. The van der Waals surface area contributed by atoms with Crippen LogP contribution in [0.2, 0.25) is 0 Å². The molecule has 0 amide bonds. The second-order valence-corrected chi connectivity index (χ2v) is 5.54. The van der Waals surface area contributed by atoms with Crippen LogP contribution in [-0.2, 0) is 6.54 Å². The largest absolute Gasteiger partial charge is 0.496 e. The van der Waals surface area contributed by atoms with E-state index in [0.29, 0.717) is 29.4 Å². The van der Waals surface area contributed by atoms with Gasteiger partial charge < -0.3 is 19.5 Å². The molecule has 26 heavy (non-hydrogen) atoms. The number of hydrogen-bond acceptors (Lipinski definition) is 6. The Balaban J connectivity index is 2.02. The van der Waals surface area contributed by atoms with Crippen LogP contribution in [-0.4, -0.2) is 26.3 Å². The van der Waals surface area contributed by atoms with Gasteiger partial charge in [0.05, 0.1) is 43.7 Å². The first-order chi connectivity index (χ1) is 12.7. The van der Waals surface area contributed by atoms with Gasteiger partial charge >= 0.3 is 0 Å². The van der Waals surface area contributed by atoms with Crippen LogP contribution < -0.4 is 19.5 Å². The molecule has 0 saturated carbocycles. The molecule has 0 aliphatic rings. The number of nitriles is 1. The summed E-state index contributed by atoms with van der Waals surface area (Å²) in [6.45, 7) is 0.416. The summed E-state index contributed by atoms with van der Waals surface area (Å²) in [4.78, 5) is 4.33. The van der Waals surface area contributed by atoms with Crippen LogP contribution in [0.5, 0.6) is 17.2 Å². The van der Waals surface area contributed by atoms with Crippen molar-refractivity contribution in [2.75, 3.05) is 26.6 Å². The van der Waals surface area contributed by atoms with Gasteiger partial charge in [0.1, 0.15) is 23.3 Å². The number of benzene rings is 2. The zero-order valence-electron chi connectivity index (χ0n) is 14.9. The SMILES string of the molecule is COc1cc(OC)c(CNc2c(C#N)cnc3ccccc23)c(OC)c1. The van der Waals surface area contributed by atoms with Crippen molar-refractivity contribution >= 4 is 16.6 Å². The summed E-state index contributed by atoms with van der Waals surface area (Å²) >= 11 is 0. The van der Waals surface area contributed by atoms with Crippen molar-refractivity contribution in [3.05, 3.63) is 53.7 Å². The number of aromatic nitrogens is 1. The minimum Gasteiger partial charge on any atom is -0.496 e. The number of nitrogens with one attached hydrogen (secondary N) is 1. The second kappa shape index (κ2) is 7.62. The third kappa shape index (κ3) is 3.20. The predicted molar refractivity (Wildman–Crippen MR) is 99.9 cm³/mol. The molecule has 0 radical (unpaired) electrons.